The molecule has 0 fully saturated rings. The summed E-state index contributed by atoms with van der Waals surface area (Å²) in [5, 5.41) is 5.83. The van der Waals surface area contributed by atoms with Gasteiger partial charge in [0.15, 0.2) is 6.29 Å². The number of hydrogen-bond acceptors (Lipinski definition) is 4. The maximum absolute atomic E-state index is 11.0. The molecule has 0 amide bonds. The first-order valence-electron chi connectivity index (χ1n) is 5.03. The summed E-state index contributed by atoms with van der Waals surface area (Å²) in [6, 6.07) is 9.47. The van der Waals surface area contributed by atoms with Crippen molar-refractivity contribution < 1.29 is 9.59 Å². The second-order valence-electron chi connectivity index (χ2n) is 4.03. The summed E-state index contributed by atoms with van der Waals surface area (Å²) in [7, 11) is 0. The van der Waals surface area contributed by atoms with Gasteiger partial charge < -0.3 is 4.79 Å². The number of carbonyl (C=O) groups is 2. The van der Waals surface area contributed by atoms with Gasteiger partial charge >= 0.3 is 0 Å². The van der Waals surface area contributed by atoms with Crippen molar-refractivity contribution >= 4 is 24.0 Å². The number of benzene rings is 1. The first-order chi connectivity index (χ1) is 7.69. The van der Waals surface area contributed by atoms with E-state index in [-0.39, 0.29) is 5.71 Å². The molecule has 0 N–H and O–H groups in total. The number of para-hydroxylation sites is 1. The van der Waals surface area contributed by atoms with Gasteiger partial charge in [-0.05, 0) is 19.1 Å². The zero-order valence-electron chi connectivity index (χ0n) is 8.96. The van der Waals surface area contributed by atoms with Gasteiger partial charge in [-0.1, -0.05) is 18.2 Å². The molecule has 16 heavy (non-hydrogen) atoms. The molecule has 2 rings (SSSR count). The first-order valence-corrected chi connectivity index (χ1v) is 5.03. The molecule has 1 heterocycles. The molecule has 0 aromatic heterocycles. The van der Waals surface area contributed by atoms with Gasteiger partial charge in [-0.25, -0.2) is 0 Å². The highest BCUT2D eigenvalue weighted by molar-refractivity contribution is 6.35. The van der Waals surface area contributed by atoms with Crippen LogP contribution in [0.3, 0.4) is 0 Å². The van der Waals surface area contributed by atoms with Gasteiger partial charge in [0.05, 0.1) is 17.6 Å². The minimum absolute atomic E-state index is 0.284. The Morgan fingerprint density at radius 2 is 2.00 bits per heavy atom. The molecule has 0 spiro atoms. The van der Waals surface area contributed by atoms with E-state index in [9.17, 15) is 9.59 Å². The monoisotopic (exact) mass is 216 g/mol. The minimum Gasteiger partial charge on any atom is -0.302 e. The Bertz CT molecular complexity index is 442. The topological polar surface area (TPSA) is 49.7 Å². The van der Waals surface area contributed by atoms with Gasteiger partial charge in [-0.3, -0.25) is 9.80 Å². The van der Waals surface area contributed by atoms with E-state index in [4.69, 9.17) is 0 Å². The molecular weight excluding hydrogens is 204 g/mol. The predicted octanol–water partition coefficient (Wildman–Crippen LogP) is 1.27. The molecule has 1 aliphatic heterocycles. The number of hydrazone groups is 1. The third-order valence-corrected chi connectivity index (χ3v) is 2.72. The Morgan fingerprint density at radius 3 is 2.50 bits per heavy atom. The highest BCUT2D eigenvalue weighted by atomic mass is 16.1. The molecule has 0 saturated heterocycles. The van der Waals surface area contributed by atoms with Crippen LogP contribution in [0.25, 0.3) is 0 Å². The zero-order chi connectivity index (χ0) is 11.6. The number of aldehydes is 2. The van der Waals surface area contributed by atoms with Crippen LogP contribution in [0.15, 0.2) is 35.4 Å². The molecule has 82 valence electrons. The summed E-state index contributed by atoms with van der Waals surface area (Å²) in [5.74, 6) is 0. The van der Waals surface area contributed by atoms with Crippen LogP contribution in [-0.2, 0) is 9.59 Å². The molecule has 0 aliphatic carbocycles. The zero-order valence-corrected chi connectivity index (χ0v) is 8.96. The normalized spacial score (nSPS) is 24.1. The van der Waals surface area contributed by atoms with Gasteiger partial charge in [-0.15, -0.1) is 0 Å². The number of anilines is 1. The van der Waals surface area contributed by atoms with Crippen LogP contribution in [-0.4, -0.2) is 24.8 Å². The van der Waals surface area contributed by atoms with E-state index in [1.165, 1.54) is 0 Å². The lowest BCUT2D eigenvalue weighted by Crippen LogP contribution is -2.33. The van der Waals surface area contributed by atoms with Crippen LogP contribution < -0.4 is 5.01 Å². The molecule has 0 bridgehead atoms. The molecule has 1 aromatic carbocycles. The molecular formula is C12H12N2O2. The SMILES string of the molecule is CC1(C=O)CN(c2ccccc2)N=C1C=O. The fourth-order valence-electron chi connectivity index (χ4n) is 1.68. The molecule has 1 aliphatic rings. The van der Waals surface area contributed by atoms with Crippen LogP contribution in [0.5, 0.6) is 0 Å². The van der Waals surface area contributed by atoms with E-state index in [1.807, 2.05) is 30.3 Å². The van der Waals surface area contributed by atoms with Crippen molar-refractivity contribution in [1.29, 1.82) is 0 Å². The van der Waals surface area contributed by atoms with Crippen LogP contribution in [0.1, 0.15) is 6.92 Å². The van der Waals surface area contributed by atoms with E-state index in [1.54, 1.807) is 11.9 Å². The van der Waals surface area contributed by atoms with Crippen LogP contribution in [0, 0.1) is 5.41 Å². The lowest BCUT2D eigenvalue weighted by Gasteiger charge is -2.18. The third kappa shape index (κ3) is 1.62. The van der Waals surface area contributed by atoms with E-state index in [2.05, 4.69) is 5.10 Å². The summed E-state index contributed by atoms with van der Waals surface area (Å²) in [4.78, 5) is 21.9. The average molecular weight is 216 g/mol. The maximum Gasteiger partial charge on any atom is 0.167 e. The van der Waals surface area contributed by atoms with Crippen molar-refractivity contribution in [3.63, 3.8) is 0 Å². The van der Waals surface area contributed by atoms with Crippen LogP contribution in [0.4, 0.5) is 5.69 Å². The van der Waals surface area contributed by atoms with Crippen molar-refractivity contribution in [2.24, 2.45) is 10.5 Å². The van der Waals surface area contributed by atoms with Gasteiger partial charge in [0.1, 0.15) is 12.0 Å². The molecule has 1 unspecified atom stereocenters. The Hall–Kier alpha value is -1.97. The smallest absolute Gasteiger partial charge is 0.167 e. The number of carbonyl (C=O) groups excluding carboxylic acids is 2. The van der Waals surface area contributed by atoms with Crippen molar-refractivity contribution in [3.8, 4) is 0 Å². The summed E-state index contributed by atoms with van der Waals surface area (Å²) in [5.41, 5.74) is 0.371. The quantitative estimate of drug-likeness (QED) is 0.715. The van der Waals surface area contributed by atoms with E-state index in [0.717, 1.165) is 12.0 Å². The number of hydrogen-bond donors (Lipinski definition) is 0. The molecule has 4 nitrogen and oxygen atoms in total. The standard InChI is InChI=1S/C12H12N2O2/c1-12(9-16)8-14(13-11(12)7-15)10-5-3-2-4-6-10/h2-7,9H,8H2,1H3. The van der Waals surface area contributed by atoms with E-state index in [0.29, 0.717) is 12.8 Å². The van der Waals surface area contributed by atoms with Gasteiger partial charge in [0, 0.05) is 0 Å². The Balaban J connectivity index is 2.33. The summed E-state index contributed by atoms with van der Waals surface area (Å²) in [6.07, 6.45) is 1.43. The van der Waals surface area contributed by atoms with Crippen molar-refractivity contribution in [3.05, 3.63) is 30.3 Å². The third-order valence-electron chi connectivity index (χ3n) is 2.72. The Labute approximate surface area is 93.6 Å². The van der Waals surface area contributed by atoms with Gasteiger partial charge in [-0.2, -0.15) is 5.10 Å². The van der Waals surface area contributed by atoms with Crippen molar-refractivity contribution in [2.75, 3.05) is 11.6 Å². The van der Waals surface area contributed by atoms with Crippen LogP contribution in [0.2, 0.25) is 0 Å². The lowest BCUT2D eigenvalue weighted by atomic mass is 9.88. The van der Waals surface area contributed by atoms with E-state index < -0.39 is 5.41 Å². The van der Waals surface area contributed by atoms with Crippen molar-refractivity contribution in [2.45, 2.75) is 6.92 Å². The first kappa shape index (κ1) is 10.5. The second-order valence-corrected chi connectivity index (χ2v) is 4.03. The minimum atomic E-state index is -0.794. The summed E-state index contributed by atoms with van der Waals surface area (Å²) in [6.45, 7) is 2.13. The average Bonchev–Trinajstić information content (AvgIpc) is 2.68. The van der Waals surface area contributed by atoms with E-state index >= 15 is 0 Å². The molecule has 1 atom stereocenters. The largest absolute Gasteiger partial charge is 0.302 e. The molecule has 0 saturated carbocycles. The molecule has 1 aromatic rings. The highest BCUT2D eigenvalue weighted by Crippen LogP contribution is 2.28. The maximum atomic E-state index is 11.0. The summed E-state index contributed by atoms with van der Waals surface area (Å²) < 4.78 is 0. The van der Waals surface area contributed by atoms with Gasteiger partial charge in [0.2, 0.25) is 0 Å². The molecule has 4 heteroatoms. The Morgan fingerprint density at radius 1 is 1.31 bits per heavy atom. The highest BCUT2D eigenvalue weighted by Gasteiger charge is 2.38. The second kappa shape index (κ2) is 3.89. The number of rotatable bonds is 3. The van der Waals surface area contributed by atoms with Crippen LogP contribution >= 0.6 is 0 Å². The fraction of sp³-hybridized carbons (Fsp3) is 0.250. The number of nitrogens with zero attached hydrogens (tertiary/aromatic N) is 2. The lowest BCUT2D eigenvalue weighted by molar-refractivity contribution is -0.113. The fourth-order valence-corrected chi connectivity index (χ4v) is 1.68. The van der Waals surface area contributed by atoms with Crippen molar-refractivity contribution in [1.82, 2.24) is 0 Å². The summed E-state index contributed by atoms with van der Waals surface area (Å²) >= 11 is 0. The Kier molecular flexibility index (Phi) is 2.56. The van der Waals surface area contributed by atoms with Gasteiger partial charge in [0.25, 0.3) is 0 Å². The predicted molar refractivity (Wildman–Crippen MR) is 61.5 cm³/mol. The molecule has 0 radical (unpaired) electrons.